The van der Waals surface area contributed by atoms with Gasteiger partial charge < -0.3 is 5.32 Å². The summed E-state index contributed by atoms with van der Waals surface area (Å²) in [5.41, 5.74) is 2.78. The predicted octanol–water partition coefficient (Wildman–Crippen LogP) is 2.04. The van der Waals surface area contributed by atoms with Crippen molar-refractivity contribution >= 4 is 28.8 Å². The van der Waals surface area contributed by atoms with Crippen molar-refractivity contribution in [3.05, 3.63) is 42.0 Å². The molecule has 0 saturated heterocycles. The molecule has 2 heterocycles. The van der Waals surface area contributed by atoms with E-state index in [1.807, 2.05) is 30.3 Å². The molecule has 0 bridgehead atoms. The number of anilines is 2. The van der Waals surface area contributed by atoms with Gasteiger partial charge in [0, 0.05) is 11.6 Å². The van der Waals surface area contributed by atoms with Crippen molar-refractivity contribution in [1.82, 2.24) is 25.3 Å². The molecule has 0 atom stereocenters. The third-order valence-electron chi connectivity index (χ3n) is 2.68. The minimum absolute atomic E-state index is 0.614. The largest absolute Gasteiger partial charge is 0.339 e. The van der Waals surface area contributed by atoms with Crippen molar-refractivity contribution in [1.29, 1.82) is 0 Å². The number of rotatable bonds is 4. The third kappa shape index (κ3) is 2.63. The minimum Gasteiger partial charge on any atom is -0.339 e. The number of halogens is 1. The Morgan fingerprint density at radius 2 is 1.95 bits per heavy atom. The zero-order valence-electron chi connectivity index (χ0n) is 9.99. The quantitative estimate of drug-likeness (QED) is 0.738. The molecule has 0 unspecified atom stereocenters. The summed E-state index contributed by atoms with van der Waals surface area (Å²) in [6.07, 6.45) is 0.872. The van der Waals surface area contributed by atoms with Gasteiger partial charge in [0.2, 0.25) is 0 Å². The SMILES string of the molecule is ClCCc1ccc(Nc2ccc3nnnn3n2)cc1. The van der Waals surface area contributed by atoms with Crippen molar-refractivity contribution < 1.29 is 0 Å². The van der Waals surface area contributed by atoms with Crippen LogP contribution < -0.4 is 5.32 Å². The normalized spacial score (nSPS) is 10.8. The van der Waals surface area contributed by atoms with Gasteiger partial charge in [-0.15, -0.1) is 26.4 Å². The van der Waals surface area contributed by atoms with E-state index in [0.717, 1.165) is 12.1 Å². The number of hydrogen-bond donors (Lipinski definition) is 1. The first kappa shape index (κ1) is 11.9. The van der Waals surface area contributed by atoms with Crippen molar-refractivity contribution in [3.63, 3.8) is 0 Å². The lowest BCUT2D eigenvalue weighted by Crippen LogP contribution is -2.00. The Morgan fingerprint density at radius 3 is 2.74 bits per heavy atom. The molecule has 0 aliphatic carbocycles. The number of benzene rings is 1. The number of fused-ring (bicyclic) bond motifs is 1. The van der Waals surface area contributed by atoms with Gasteiger partial charge in [0.15, 0.2) is 11.5 Å². The Morgan fingerprint density at radius 1 is 1.11 bits per heavy atom. The fourth-order valence-corrected chi connectivity index (χ4v) is 1.95. The molecule has 0 aliphatic rings. The van der Waals surface area contributed by atoms with Crippen LogP contribution in [0.4, 0.5) is 11.5 Å². The first-order valence-electron chi connectivity index (χ1n) is 5.82. The maximum absolute atomic E-state index is 5.70. The van der Waals surface area contributed by atoms with E-state index in [1.165, 1.54) is 10.2 Å². The summed E-state index contributed by atoms with van der Waals surface area (Å²) in [5, 5.41) is 18.5. The monoisotopic (exact) mass is 274 g/mol. The number of alkyl halides is 1. The second-order valence-electron chi connectivity index (χ2n) is 4.01. The van der Waals surface area contributed by atoms with Gasteiger partial charge in [-0.3, -0.25) is 0 Å². The highest BCUT2D eigenvalue weighted by atomic mass is 35.5. The van der Waals surface area contributed by atoms with E-state index in [4.69, 9.17) is 11.6 Å². The molecule has 3 aromatic rings. The molecular formula is C12H11ClN6. The minimum atomic E-state index is 0.614. The van der Waals surface area contributed by atoms with Crippen LogP contribution in [0, 0.1) is 0 Å². The summed E-state index contributed by atoms with van der Waals surface area (Å²) in [4.78, 5) is 0. The van der Waals surface area contributed by atoms with E-state index in [9.17, 15) is 0 Å². The highest BCUT2D eigenvalue weighted by Gasteiger charge is 2.01. The molecule has 19 heavy (non-hydrogen) atoms. The highest BCUT2D eigenvalue weighted by molar-refractivity contribution is 6.17. The van der Waals surface area contributed by atoms with Gasteiger partial charge in [0.1, 0.15) is 0 Å². The topological polar surface area (TPSA) is 68.0 Å². The van der Waals surface area contributed by atoms with Gasteiger partial charge in [-0.05, 0) is 46.7 Å². The lowest BCUT2D eigenvalue weighted by atomic mass is 10.1. The van der Waals surface area contributed by atoms with E-state index in [-0.39, 0.29) is 0 Å². The van der Waals surface area contributed by atoms with E-state index in [1.54, 1.807) is 6.07 Å². The van der Waals surface area contributed by atoms with E-state index >= 15 is 0 Å². The molecule has 7 heteroatoms. The van der Waals surface area contributed by atoms with Gasteiger partial charge in [-0.2, -0.15) is 0 Å². The molecule has 1 aromatic carbocycles. The van der Waals surface area contributed by atoms with Gasteiger partial charge in [0.25, 0.3) is 0 Å². The molecule has 0 saturated carbocycles. The van der Waals surface area contributed by atoms with Crippen LogP contribution in [0.1, 0.15) is 5.56 Å². The summed E-state index contributed by atoms with van der Waals surface area (Å²) < 4.78 is 1.38. The number of aryl methyl sites for hydroxylation is 1. The number of nitrogens with zero attached hydrogens (tertiary/aromatic N) is 5. The maximum Gasteiger partial charge on any atom is 0.200 e. The Labute approximate surface area is 114 Å². The van der Waals surface area contributed by atoms with Crippen LogP contribution in [0.25, 0.3) is 5.65 Å². The van der Waals surface area contributed by atoms with E-state index in [2.05, 4.69) is 25.9 Å². The average molecular weight is 275 g/mol. The van der Waals surface area contributed by atoms with Crippen LogP contribution in [0.15, 0.2) is 36.4 Å². The van der Waals surface area contributed by atoms with Crippen LogP contribution in [0.5, 0.6) is 0 Å². The summed E-state index contributed by atoms with van der Waals surface area (Å²) in [7, 11) is 0. The van der Waals surface area contributed by atoms with Crippen molar-refractivity contribution in [2.45, 2.75) is 6.42 Å². The summed E-state index contributed by atoms with van der Waals surface area (Å²) in [5.74, 6) is 1.31. The molecule has 0 aliphatic heterocycles. The van der Waals surface area contributed by atoms with Crippen LogP contribution in [-0.2, 0) is 6.42 Å². The second kappa shape index (κ2) is 5.19. The van der Waals surface area contributed by atoms with Crippen LogP contribution in [0.2, 0.25) is 0 Å². The predicted molar refractivity (Wildman–Crippen MR) is 72.7 cm³/mol. The van der Waals surface area contributed by atoms with Gasteiger partial charge in [-0.1, -0.05) is 12.1 Å². The van der Waals surface area contributed by atoms with E-state index < -0.39 is 0 Å². The highest BCUT2D eigenvalue weighted by Crippen LogP contribution is 2.15. The number of tetrazole rings is 1. The molecule has 0 fully saturated rings. The molecule has 3 rings (SSSR count). The lowest BCUT2D eigenvalue weighted by Gasteiger charge is -2.06. The first-order valence-corrected chi connectivity index (χ1v) is 6.36. The molecule has 2 aromatic heterocycles. The zero-order chi connectivity index (χ0) is 13.1. The number of hydrogen-bond acceptors (Lipinski definition) is 5. The van der Waals surface area contributed by atoms with Crippen LogP contribution >= 0.6 is 11.6 Å². The summed E-state index contributed by atoms with van der Waals surface area (Å²) in [6, 6.07) is 11.7. The average Bonchev–Trinajstić information content (AvgIpc) is 2.89. The Kier molecular flexibility index (Phi) is 3.24. The molecule has 96 valence electrons. The maximum atomic E-state index is 5.70. The molecule has 0 radical (unpaired) electrons. The third-order valence-corrected chi connectivity index (χ3v) is 2.87. The molecule has 1 N–H and O–H groups in total. The van der Waals surface area contributed by atoms with Crippen molar-refractivity contribution in [3.8, 4) is 0 Å². The number of aromatic nitrogens is 5. The first-order chi connectivity index (χ1) is 9.35. The fraction of sp³-hybridized carbons (Fsp3) is 0.167. The zero-order valence-corrected chi connectivity index (χ0v) is 10.7. The van der Waals surface area contributed by atoms with E-state index in [0.29, 0.717) is 17.3 Å². The van der Waals surface area contributed by atoms with Crippen molar-refractivity contribution in [2.75, 3.05) is 11.2 Å². The van der Waals surface area contributed by atoms with Crippen LogP contribution in [0.3, 0.4) is 0 Å². The molecule has 6 nitrogen and oxygen atoms in total. The van der Waals surface area contributed by atoms with Gasteiger partial charge in [0.05, 0.1) is 0 Å². The fourth-order valence-electron chi connectivity index (χ4n) is 1.73. The summed E-state index contributed by atoms with van der Waals surface area (Å²) >= 11 is 5.70. The molecular weight excluding hydrogens is 264 g/mol. The Balaban J connectivity index is 1.79. The standard InChI is InChI=1S/C12H11ClN6/c13-8-7-9-1-3-10(4-2-9)14-11-5-6-12-15-17-18-19(12)16-11/h1-6H,7-8H2,(H,14,16). The second-order valence-corrected chi connectivity index (χ2v) is 4.38. The van der Waals surface area contributed by atoms with Crippen LogP contribution in [-0.4, -0.2) is 31.1 Å². The number of nitrogens with one attached hydrogen (secondary N) is 1. The lowest BCUT2D eigenvalue weighted by molar-refractivity contribution is 0.736. The Hall–Kier alpha value is -2.21. The summed E-state index contributed by atoms with van der Waals surface area (Å²) in [6.45, 7) is 0. The smallest absolute Gasteiger partial charge is 0.200 e. The van der Waals surface area contributed by atoms with Crippen molar-refractivity contribution in [2.24, 2.45) is 0 Å². The van der Waals surface area contributed by atoms with Gasteiger partial charge in [-0.25, -0.2) is 0 Å². The molecule has 0 spiro atoms. The Bertz CT molecular complexity index is 678. The molecule has 0 amide bonds. The van der Waals surface area contributed by atoms with Gasteiger partial charge >= 0.3 is 0 Å².